The van der Waals surface area contributed by atoms with Gasteiger partial charge < -0.3 is 14.4 Å². The zero-order valence-electron chi connectivity index (χ0n) is 14.2. The number of hydrogen-bond donors (Lipinski definition) is 0. The van der Waals surface area contributed by atoms with Crippen molar-refractivity contribution in [2.75, 3.05) is 20.2 Å². The van der Waals surface area contributed by atoms with Crippen molar-refractivity contribution in [3.05, 3.63) is 52.8 Å². The number of benzene rings is 1. The summed E-state index contributed by atoms with van der Waals surface area (Å²) in [5, 5.41) is 0.428. The average molecular weight is 376 g/mol. The second-order valence-electron chi connectivity index (χ2n) is 5.85. The van der Waals surface area contributed by atoms with E-state index in [-0.39, 0.29) is 23.6 Å². The van der Waals surface area contributed by atoms with E-state index in [4.69, 9.17) is 21.1 Å². The Morgan fingerprint density at radius 2 is 1.88 bits per heavy atom. The van der Waals surface area contributed by atoms with Gasteiger partial charge in [-0.1, -0.05) is 23.7 Å². The smallest absolute Gasteiger partial charge is 0.338 e. The minimum absolute atomic E-state index is 0.223. The second kappa shape index (κ2) is 8.14. The number of carbonyl (C=O) groups is 2. The van der Waals surface area contributed by atoms with Crippen molar-refractivity contribution in [2.24, 2.45) is 0 Å². The van der Waals surface area contributed by atoms with Crippen LogP contribution in [0.25, 0.3) is 0 Å². The first-order valence-electron chi connectivity index (χ1n) is 8.19. The number of piperidine rings is 1. The molecule has 3 rings (SSSR count). The Morgan fingerprint density at radius 3 is 2.58 bits per heavy atom. The average Bonchev–Trinajstić information content (AvgIpc) is 2.69. The molecule has 8 heteroatoms. The summed E-state index contributed by atoms with van der Waals surface area (Å²) in [6, 6.07) is 6.85. The summed E-state index contributed by atoms with van der Waals surface area (Å²) in [5.74, 6) is -0.760. The van der Waals surface area contributed by atoms with E-state index in [0.29, 0.717) is 23.7 Å². The maximum atomic E-state index is 12.9. The van der Waals surface area contributed by atoms with Crippen molar-refractivity contribution in [2.45, 2.75) is 18.9 Å². The molecular weight excluding hydrogens is 358 g/mol. The molecule has 0 aliphatic carbocycles. The number of carbonyl (C=O) groups excluding carboxylic acids is 2. The highest BCUT2D eigenvalue weighted by Crippen LogP contribution is 2.20. The normalized spacial score (nSPS) is 16.8. The fourth-order valence-electron chi connectivity index (χ4n) is 2.86. The van der Waals surface area contributed by atoms with E-state index in [1.165, 1.54) is 19.5 Å². The van der Waals surface area contributed by atoms with Gasteiger partial charge in [0.25, 0.3) is 5.91 Å². The third kappa shape index (κ3) is 4.11. The van der Waals surface area contributed by atoms with Crippen molar-refractivity contribution in [1.29, 1.82) is 0 Å². The zero-order chi connectivity index (χ0) is 18.5. The standard InChI is InChI=1S/C18H18ClN3O4/c1-25-17(24)15-7-3-2-6-14(15)16(23)22-8-4-5-13(11-22)26-18-20-9-12(19)10-21-18/h2-3,6-7,9-10,13H,4-5,8,11H2,1H3/t13-/m1/s1. The summed E-state index contributed by atoms with van der Waals surface area (Å²) in [5.41, 5.74) is 0.576. The molecule has 1 amide bonds. The maximum absolute atomic E-state index is 12.9. The first-order chi connectivity index (χ1) is 12.6. The third-order valence-electron chi connectivity index (χ3n) is 4.10. The topological polar surface area (TPSA) is 81.6 Å². The monoisotopic (exact) mass is 375 g/mol. The van der Waals surface area contributed by atoms with Gasteiger partial charge in [0.15, 0.2) is 0 Å². The number of hydrogen-bond acceptors (Lipinski definition) is 6. The van der Waals surface area contributed by atoms with E-state index in [0.717, 1.165) is 12.8 Å². The molecule has 0 radical (unpaired) electrons. The van der Waals surface area contributed by atoms with E-state index in [1.807, 2.05) is 0 Å². The minimum atomic E-state index is -0.534. The zero-order valence-corrected chi connectivity index (χ0v) is 15.0. The Morgan fingerprint density at radius 1 is 1.19 bits per heavy atom. The number of halogens is 1. The van der Waals surface area contributed by atoms with Crippen molar-refractivity contribution in [1.82, 2.24) is 14.9 Å². The molecule has 1 aromatic heterocycles. The molecule has 7 nitrogen and oxygen atoms in total. The third-order valence-corrected chi connectivity index (χ3v) is 4.29. The van der Waals surface area contributed by atoms with Crippen molar-refractivity contribution < 1.29 is 19.1 Å². The van der Waals surface area contributed by atoms with Crippen LogP contribution in [-0.2, 0) is 4.74 Å². The lowest BCUT2D eigenvalue weighted by molar-refractivity contribution is 0.0502. The van der Waals surface area contributed by atoms with Crippen LogP contribution in [0.4, 0.5) is 0 Å². The van der Waals surface area contributed by atoms with Crippen LogP contribution >= 0.6 is 11.6 Å². The van der Waals surface area contributed by atoms with Gasteiger partial charge in [0.05, 0.1) is 42.2 Å². The van der Waals surface area contributed by atoms with Crippen LogP contribution in [0.1, 0.15) is 33.6 Å². The fourth-order valence-corrected chi connectivity index (χ4v) is 2.95. The van der Waals surface area contributed by atoms with Crippen LogP contribution in [0.5, 0.6) is 6.01 Å². The highest BCUT2D eigenvalue weighted by molar-refractivity contribution is 6.30. The molecule has 2 aromatic rings. The summed E-state index contributed by atoms with van der Waals surface area (Å²) >= 11 is 5.77. The molecule has 0 bridgehead atoms. The number of likely N-dealkylation sites (tertiary alicyclic amines) is 1. The highest BCUT2D eigenvalue weighted by Gasteiger charge is 2.28. The van der Waals surface area contributed by atoms with Crippen LogP contribution in [0.3, 0.4) is 0 Å². The molecule has 1 saturated heterocycles. The molecule has 1 atom stereocenters. The first kappa shape index (κ1) is 18.1. The molecular formula is C18H18ClN3O4. The lowest BCUT2D eigenvalue weighted by Gasteiger charge is -2.32. The summed E-state index contributed by atoms with van der Waals surface area (Å²) < 4.78 is 10.5. The van der Waals surface area contributed by atoms with Gasteiger partial charge in [0.1, 0.15) is 6.10 Å². The van der Waals surface area contributed by atoms with Gasteiger partial charge in [0, 0.05) is 6.54 Å². The van der Waals surface area contributed by atoms with Gasteiger partial charge in [0.2, 0.25) is 0 Å². The van der Waals surface area contributed by atoms with Crippen molar-refractivity contribution in [3.8, 4) is 6.01 Å². The number of methoxy groups -OCH3 is 1. The Bertz CT molecular complexity index is 797. The van der Waals surface area contributed by atoms with Gasteiger partial charge in [-0.15, -0.1) is 0 Å². The predicted molar refractivity (Wildman–Crippen MR) is 94.4 cm³/mol. The Hall–Kier alpha value is -2.67. The lowest BCUT2D eigenvalue weighted by atomic mass is 10.0. The molecule has 136 valence electrons. The number of esters is 1. The van der Waals surface area contributed by atoms with Gasteiger partial charge in [-0.2, -0.15) is 0 Å². The SMILES string of the molecule is COC(=O)c1ccccc1C(=O)N1CCC[C@@H](Oc2ncc(Cl)cn2)C1. The molecule has 0 N–H and O–H groups in total. The minimum Gasteiger partial charge on any atom is -0.465 e. The fraction of sp³-hybridized carbons (Fsp3) is 0.333. The number of rotatable bonds is 4. The van der Waals surface area contributed by atoms with Crippen LogP contribution in [-0.4, -0.2) is 53.0 Å². The molecule has 2 heterocycles. The maximum Gasteiger partial charge on any atom is 0.338 e. The molecule has 1 aliphatic rings. The molecule has 0 spiro atoms. The lowest BCUT2D eigenvalue weighted by Crippen LogP contribution is -2.44. The van der Waals surface area contributed by atoms with Gasteiger partial charge >= 0.3 is 12.0 Å². The summed E-state index contributed by atoms with van der Waals surface area (Å²) in [4.78, 5) is 34.5. The van der Waals surface area contributed by atoms with E-state index in [2.05, 4.69) is 9.97 Å². The van der Waals surface area contributed by atoms with E-state index >= 15 is 0 Å². The van der Waals surface area contributed by atoms with E-state index < -0.39 is 5.97 Å². The van der Waals surface area contributed by atoms with Crippen molar-refractivity contribution in [3.63, 3.8) is 0 Å². The Kier molecular flexibility index (Phi) is 5.68. The van der Waals surface area contributed by atoms with Crippen LogP contribution in [0, 0.1) is 0 Å². The van der Waals surface area contributed by atoms with Gasteiger partial charge in [-0.3, -0.25) is 4.79 Å². The van der Waals surface area contributed by atoms with E-state index in [9.17, 15) is 9.59 Å². The largest absolute Gasteiger partial charge is 0.465 e. The number of ether oxygens (including phenoxy) is 2. The number of nitrogens with zero attached hydrogens (tertiary/aromatic N) is 3. The molecule has 26 heavy (non-hydrogen) atoms. The van der Waals surface area contributed by atoms with Crippen molar-refractivity contribution >= 4 is 23.5 Å². The molecule has 0 saturated carbocycles. The Labute approximate surface area is 155 Å². The number of aromatic nitrogens is 2. The molecule has 1 aliphatic heterocycles. The van der Waals surface area contributed by atoms with Gasteiger partial charge in [-0.05, 0) is 25.0 Å². The Balaban J connectivity index is 1.72. The van der Waals surface area contributed by atoms with Crippen LogP contribution < -0.4 is 4.74 Å². The first-order valence-corrected chi connectivity index (χ1v) is 8.57. The highest BCUT2D eigenvalue weighted by atomic mass is 35.5. The predicted octanol–water partition coefficient (Wildman–Crippen LogP) is 2.60. The van der Waals surface area contributed by atoms with Gasteiger partial charge in [-0.25, -0.2) is 14.8 Å². The molecule has 0 unspecified atom stereocenters. The number of amides is 1. The second-order valence-corrected chi connectivity index (χ2v) is 6.29. The summed E-state index contributed by atoms with van der Waals surface area (Å²) in [6.07, 6.45) is 4.27. The summed E-state index contributed by atoms with van der Waals surface area (Å²) in [7, 11) is 1.29. The quantitative estimate of drug-likeness (QED) is 0.764. The van der Waals surface area contributed by atoms with Crippen LogP contribution in [0.2, 0.25) is 5.02 Å². The molecule has 1 aromatic carbocycles. The van der Waals surface area contributed by atoms with Crippen LogP contribution in [0.15, 0.2) is 36.7 Å². The summed E-state index contributed by atoms with van der Waals surface area (Å²) in [6.45, 7) is 0.982. The molecule has 1 fully saturated rings. The van der Waals surface area contributed by atoms with E-state index in [1.54, 1.807) is 29.2 Å².